The minimum Gasteiger partial charge on any atom is -0.466 e. The van der Waals surface area contributed by atoms with Crippen LogP contribution >= 0.6 is 0 Å². The molecule has 0 aliphatic carbocycles. The molecule has 1 aliphatic heterocycles. The summed E-state index contributed by atoms with van der Waals surface area (Å²) < 4.78 is 34.7. The smallest absolute Gasteiger partial charge is 0.289 e. The van der Waals surface area contributed by atoms with E-state index in [0.717, 1.165) is 10.9 Å². The molecule has 2 aromatic heterocycles. The molecule has 1 N–H and O–H groups in total. The number of aromatic nitrogens is 3. The molecule has 3 heterocycles. The van der Waals surface area contributed by atoms with Crippen LogP contribution in [-0.4, -0.2) is 50.9 Å². The van der Waals surface area contributed by atoms with Gasteiger partial charge >= 0.3 is 0 Å². The summed E-state index contributed by atoms with van der Waals surface area (Å²) in [6.07, 6.45) is -1.98. The zero-order chi connectivity index (χ0) is 20.7. The number of H-pyrrole nitrogens is 1. The molecule has 1 saturated heterocycles. The molecule has 4 aromatic rings. The third kappa shape index (κ3) is 3.34. The number of carbonyl (C=O) groups excluding carboxylic acids is 1. The lowest BCUT2D eigenvalue weighted by atomic mass is 10.0. The van der Waals surface area contributed by atoms with Gasteiger partial charge in [0.1, 0.15) is 0 Å². The Kier molecular flexibility index (Phi) is 4.34. The fourth-order valence-corrected chi connectivity index (χ4v) is 3.64. The monoisotopic (exact) mass is 408 g/mol. The van der Waals surface area contributed by atoms with Crippen LogP contribution in [0.3, 0.4) is 0 Å². The lowest BCUT2D eigenvalue weighted by Gasteiger charge is -2.37. The van der Waals surface area contributed by atoms with Crippen molar-refractivity contribution < 1.29 is 18.3 Å². The molecule has 152 valence electrons. The van der Waals surface area contributed by atoms with Crippen molar-refractivity contribution in [2.24, 2.45) is 0 Å². The van der Waals surface area contributed by atoms with E-state index in [1.54, 1.807) is 30.3 Å². The number of fused-ring (bicyclic) bond motifs is 2. The fraction of sp³-hybridized carbons (Fsp3) is 0.227. The highest BCUT2D eigenvalue weighted by molar-refractivity contribution is 5.94. The number of nitrogens with zero attached hydrogens (tertiary/aromatic N) is 3. The SMILES string of the molecule is O=C(c1nc2ccccc2[nH]1)N1CCC(F)(F)C(Oc2ccc3ccccc3n2)C1. The highest BCUT2D eigenvalue weighted by atomic mass is 19.3. The number of amides is 1. The standard InChI is InChI=1S/C22H18F2N4O2/c23-22(24)11-12-28(21(29)20-26-16-7-3-4-8-17(16)27-20)13-18(22)30-19-10-9-14-5-1-2-6-15(14)25-19/h1-10,18H,11-13H2,(H,26,27). The van der Waals surface area contributed by atoms with E-state index in [9.17, 15) is 13.6 Å². The average Bonchev–Trinajstić information content (AvgIpc) is 3.19. The van der Waals surface area contributed by atoms with E-state index >= 15 is 0 Å². The number of hydrogen-bond acceptors (Lipinski definition) is 4. The molecule has 8 heteroatoms. The van der Waals surface area contributed by atoms with Crippen LogP contribution < -0.4 is 4.74 Å². The predicted octanol–water partition coefficient (Wildman–Crippen LogP) is 4.04. The summed E-state index contributed by atoms with van der Waals surface area (Å²) in [5.41, 5.74) is 2.03. The van der Waals surface area contributed by atoms with Crippen molar-refractivity contribution in [3.05, 3.63) is 66.5 Å². The number of para-hydroxylation sites is 3. The maximum absolute atomic E-state index is 14.6. The first-order valence-corrected chi connectivity index (χ1v) is 9.64. The van der Waals surface area contributed by atoms with Crippen molar-refractivity contribution in [3.63, 3.8) is 0 Å². The van der Waals surface area contributed by atoms with E-state index in [4.69, 9.17) is 4.74 Å². The predicted molar refractivity (Wildman–Crippen MR) is 108 cm³/mol. The highest BCUT2D eigenvalue weighted by Crippen LogP contribution is 2.32. The van der Waals surface area contributed by atoms with Crippen LogP contribution in [-0.2, 0) is 0 Å². The first-order valence-electron chi connectivity index (χ1n) is 9.64. The summed E-state index contributed by atoms with van der Waals surface area (Å²) in [4.78, 5) is 25.8. The molecular formula is C22H18F2N4O2. The molecule has 5 rings (SSSR count). The van der Waals surface area contributed by atoms with Gasteiger partial charge in [0.2, 0.25) is 5.88 Å². The van der Waals surface area contributed by atoms with Crippen molar-refractivity contribution in [2.45, 2.75) is 18.4 Å². The van der Waals surface area contributed by atoms with Crippen molar-refractivity contribution in [1.29, 1.82) is 0 Å². The van der Waals surface area contributed by atoms with Gasteiger partial charge in [-0.2, -0.15) is 0 Å². The number of pyridine rings is 1. The Bertz CT molecular complexity index is 1210. The molecule has 2 aromatic carbocycles. The van der Waals surface area contributed by atoms with E-state index in [-0.39, 0.29) is 24.8 Å². The molecule has 1 aliphatic rings. The van der Waals surface area contributed by atoms with Crippen LogP contribution in [0.15, 0.2) is 60.7 Å². The van der Waals surface area contributed by atoms with E-state index in [1.807, 2.05) is 30.3 Å². The molecule has 1 amide bonds. The van der Waals surface area contributed by atoms with Crippen molar-refractivity contribution >= 4 is 27.8 Å². The second-order valence-electron chi connectivity index (χ2n) is 7.31. The molecule has 6 nitrogen and oxygen atoms in total. The molecule has 1 atom stereocenters. The highest BCUT2D eigenvalue weighted by Gasteiger charge is 2.47. The second kappa shape index (κ2) is 7.05. The number of piperidine rings is 1. The lowest BCUT2D eigenvalue weighted by Crippen LogP contribution is -2.55. The number of aromatic amines is 1. The molecule has 0 bridgehead atoms. The summed E-state index contributed by atoms with van der Waals surface area (Å²) >= 11 is 0. The molecule has 0 spiro atoms. The number of hydrogen-bond donors (Lipinski definition) is 1. The minimum atomic E-state index is -3.07. The first-order chi connectivity index (χ1) is 14.5. The number of carbonyl (C=O) groups is 1. The summed E-state index contributed by atoms with van der Waals surface area (Å²) in [6, 6.07) is 18.0. The Morgan fingerprint density at radius 3 is 2.63 bits per heavy atom. The third-order valence-corrected chi connectivity index (χ3v) is 5.29. The van der Waals surface area contributed by atoms with Gasteiger partial charge in [0.05, 0.1) is 23.1 Å². The number of likely N-dealkylation sites (tertiary alicyclic amines) is 1. The van der Waals surface area contributed by atoms with E-state index in [2.05, 4.69) is 15.0 Å². The zero-order valence-corrected chi connectivity index (χ0v) is 15.9. The largest absolute Gasteiger partial charge is 0.466 e. The second-order valence-corrected chi connectivity index (χ2v) is 7.31. The van der Waals surface area contributed by atoms with E-state index in [1.165, 1.54) is 4.90 Å². The number of nitrogens with one attached hydrogen (secondary N) is 1. The van der Waals surface area contributed by atoms with Gasteiger partial charge in [-0.15, -0.1) is 0 Å². The van der Waals surface area contributed by atoms with Crippen LogP contribution in [0.25, 0.3) is 21.9 Å². The first kappa shape index (κ1) is 18.5. The van der Waals surface area contributed by atoms with Crippen molar-refractivity contribution in [3.8, 4) is 5.88 Å². The average molecular weight is 408 g/mol. The Morgan fingerprint density at radius 2 is 1.80 bits per heavy atom. The van der Waals surface area contributed by atoms with Crippen LogP contribution in [0.2, 0.25) is 0 Å². The number of halogens is 2. The Labute approximate surface area is 170 Å². The van der Waals surface area contributed by atoms with E-state index in [0.29, 0.717) is 11.0 Å². The number of benzene rings is 2. The number of imidazole rings is 1. The van der Waals surface area contributed by atoms with Gasteiger partial charge in [0.15, 0.2) is 11.9 Å². The summed E-state index contributed by atoms with van der Waals surface area (Å²) in [5.74, 6) is -3.26. The van der Waals surface area contributed by atoms with Gasteiger partial charge in [-0.3, -0.25) is 4.79 Å². The maximum Gasteiger partial charge on any atom is 0.289 e. The Balaban J connectivity index is 1.38. The summed E-state index contributed by atoms with van der Waals surface area (Å²) in [5, 5.41) is 0.891. The topological polar surface area (TPSA) is 71.1 Å². The van der Waals surface area contributed by atoms with Gasteiger partial charge in [0, 0.05) is 24.4 Å². The van der Waals surface area contributed by atoms with Crippen molar-refractivity contribution in [1.82, 2.24) is 19.9 Å². The third-order valence-electron chi connectivity index (χ3n) is 5.29. The summed E-state index contributed by atoms with van der Waals surface area (Å²) in [7, 11) is 0. The van der Waals surface area contributed by atoms with Crippen molar-refractivity contribution in [2.75, 3.05) is 13.1 Å². The molecule has 0 saturated carbocycles. The number of alkyl halides is 2. The minimum absolute atomic E-state index is 0.0755. The van der Waals surface area contributed by atoms with Gasteiger partial charge in [-0.25, -0.2) is 18.7 Å². The Hall–Kier alpha value is -3.55. The number of rotatable bonds is 3. The number of ether oxygens (including phenoxy) is 1. The van der Waals surface area contributed by atoms with Crippen LogP contribution in [0.1, 0.15) is 17.0 Å². The zero-order valence-electron chi connectivity index (χ0n) is 15.9. The maximum atomic E-state index is 14.6. The normalized spacial score (nSPS) is 18.6. The van der Waals surface area contributed by atoms with Crippen LogP contribution in [0.4, 0.5) is 8.78 Å². The molecule has 30 heavy (non-hydrogen) atoms. The van der Waals surface area contributed by atoms with Gasteiger partial charge in [0.25, 0.3) is 11.8 Å². The van der Waals surface area contributed by atoms with Gasteiger partial charge < -0.3 is 14.6 Å². The fourth-order valence-electron chi connectivity index (χ4n) is 3.64. The van der Waals surface area contributed by atoms with E-state index < -0.39 is 24.4 Å². The molecule has 0 radical (unpaired) electrons. The van der Waals surface area contributed by atoms with Gasteiger partial charge in [-0.1, -0.05) is 30.3 Å². The lowest BCUT2D eigenvalue weighted by molar-refractivity contribution is -0.131. The quantitative estimate of drug-likeness (QED) is 0.555. The van der Waals surface area contributed by atoms with Gasteiger partial charge in [-0.05, 0) is 24.3 Å². The molecular weight excluding hydrogens is 390 g/mol. The Morgan fingerprint density at radius 1 is 1.03 bits per heavy atom. The molecule has 1 fully saturated rings. The van der Waals surface area contributed by atoms with Crippen LogP contribution in [0.5, 0.6) is 5.88 Å². The molecule has 1 unspecified atom stereocenters. The van der Waals surface area contributed by atoms with Crippen LogP contribution in [0, 0.1) is 0 Å². The summed E-state index contributed by atoms with van der Waals surface area (Å²) in [6.45, 7) is -0.328.